The van der Waals surface area contributed by atoms with Gasteiger partial charge in [-0.1, -0.05) is 28.9 Å². The van der Waals surface area contributed by atoms with Crippen molar-refractivity contribution in [3.8, 4) is 22.9 Å². The van der Waals surface area contributed by atoms with Gasteiger partial charge in [-0.15, -0.1) is 0 Å². The van der Waals surface area contributed by atoms with Crippen molar-refractivity contribution in [1.82, 2.24) is 10.1 Å². The number of halogens is 1. The molecule has 2 aliphatic rings. The summed E-state index contributed by atoms with van der Waals surface area (Å²) in [6, 6.07) is 12.8. The Balaban J connectivity index is 1.39. The van der Waals surface area contributed by atoms with E-state index in [1.54, 1.807) is 17.0 Å². The molecule has 0 N–H and O–H groups in total. The van der Waals surface area contributed by atoms with E-state index >= 15 is 0 Å². The Kier molecular flexibility index (Phi) is 3.75. The lowest BCUT2D eigenvalue weighted by molar-refractivity contribution is -0.117. The third-order valence-electron chi connectivity index (χ3n) is 4.70. The Morgan fingerprint density at radius 1 is 1.11 bits per heavy atom. The minimum Gasteiger partial charge on any atom is -0.454 e. The first-order valence-corrected chi connectivity index (χ1v) is 8.85. The van der Waals surface area contributed by atoms with Crippen LogP contribution in [0.3, 0.4) is 0 Å². The largest absolute Gasteiger partial charge is 0.454 e. The number of nitrogens with zero attached hydrogens (tertiary/aromatic N) is 3. The zero-order valence-electron chi connectivity index (χ0n) is 14.1. The van der Waals surface area contributed by atoms with E-state index in [-0.39, 0.29) is 18.6 Å². The molecule has 1 fully saturated rings. The van der Waals surface area contributed by atoms with Crippen LogP contribution in [0.15, 0.2) is 47.0 Å². The molecule has 1 aromatic heterocycles. The number of hydrogen-bond acceptors (Lipinski definition) is 6. The summed E-state index contributed by atoms with van der Waals surface area (Å²) in [5, 5.41) is 4.58. The molecule has 0 spiro atoms. The summed E-state index contributed by atoms with van der Waals surface area (Å²) in [7, 11) is 0. The topological polar surface area (TPSA) is 77.7 Å². The van der Waals surface area contributed by atoms with Gasteiger partial charge in [0.05, 0.1) is 10.9 Å². The van der Waals surface area contributed by atoms with E-state index < -0.39 is 0 Å². The summed E-state index contributed by atoms with van der Waals surface area (Å²) in [6.07, 6.45) is 0.304. The van der Waals surface area contributed by atoms with Crippen LogP contribution in [0.5, 0.6) is 11.5 Å². The van der Waals surface area contributed by atoms with Crippen molar-refractivity contribution in [2.45, 2.75) is 12.3 Å². The Labute approximate surface area is 159 Å². The fourth-order valence-corrected chi connectivity index (χ4v) is 3.55. The Bertz CT molecular complexity index is 1040. The predicted molar refractivity (Wildman–Crippen MR) is 97.0 cm³/mol. The van der Waals surface area contributed by atoms with Crippen LogP contribution in [-0.2, 0) is 4.79 Å². The zero-order valence-corrected chi connectivity index (χ0v) is 14.8. The molecule has 136 valence electrons. The summed E-state index contributed by atoms with van der Waals surface area (Å²) in [6.45, 7) is 0.658. The molecule has 1 atom stereocenters. The van der Waals surface area contributed by atoms with Gasteiger partial charge in [-0.25, -0.2) is 0 Å². The smallest absolute Gasteiger partial charge is 0.232 e. The van der Waals surface area contributed by atoms with Crippen LogP contribution in [0.4, 0.5) is 5.69 Å². The summed E-state index contributed by atoms with van der Waals surface area (Å²) >= 11 is 6.19. The summed E-state index contributed by atoms with van der Waals surface area (Å²) in [4.78, 5) is 18.7. The number of rotatable bonds is 3. The van der Waals surface area contributed by atoms with Gasteiger partial charge in [-0.3, -0.25) is 4.79 Å². The molecule has 8 heteroatoms. The fourth-order valence-electron chi connectivity index (χ4n) is 3.33. The van der Waals surface area contributed by atoms with Gasteiger partial charge >= 0.3 is 0 Å². The number of aromatic nitrogens is 2. The second-order valence-corrected chi connectivity index (χ2v) is 6.79. The van der Waals surface area contributed by atoms with Crippen LogP contribution in [0.25, 0.3) is 11.4 Å². The van der Waals surface area contributed by atoms with Gasteiger partial charge in [-0.05, 0) is 24.3 Å². The summed E-state index contributed by atoms with van der Waals surface area (Å²) < 4.78 is 16.1. The number of amides is 1. The SMILES string of the molecule is O=C1C[C@H](c2nc(-c3ccccc3Cl)no2)CN1c1ccc2c(c1)OCO2. The number of hydrogen-bond donors (Lipinski definition) is 0. The predicted octanol–water partition coefficient (Wildman–Crippen LogP) is 3.64. The molecular weight excluding hydrogens is 370 g/mol. The average molecular weight is 384 g/mol. The normalized spacial score (nSPS) is 18.3. The molecule has 0 bridgehead atoms. The van der Waals surface area contributed by atoms with Gasteiger partial charge in [-0.2, -0.15) is 4.98 Å². The first-order valence-electron chi connectivity index (χ1n) is 8.47. The van der Waals surface area contributed by atoms with Crippen molar-refractivity contribution in [2.75, 3.05) is 18.2 Å². The van der Waals surface area contributed by atoms with E-state index in [1.807, 2.05) is 30.3 Å². The minimum absolute atomic E-state index is 0.00337. The number of benzene rings is 2. The van der Waals surface area contributed by atoms with Crippen LogP contribution in [0, 0.1) is 0 Å². The van der Waals surface area contributed by atoms with Crippen LogP contribution in [0.2, 0.25) is 5.02 Å². The van der Waals surface area contributed by atoms with Gasteiger partial charge in [0, 0.05) is 30.3 Å². The molecule has 5 rings (SSSR count). The Morgan fingerprint density at radius 3 is 2.85 bits per heavy atom. The summed E-state index contributed by atoms with van der Waals surface area (Å²) in [5.41, 5.74) is 1.46. The van der Waals surface area contributed by atoms with Crippen LogP contribution >= 0.6 is 11.6 Å². The number of carbonyl (C=O) groups excluding carboxylic acids is 1. The lowest BCUT2D eigenvalue weighted by Crippen LogP contribution is -2.24. The van der Waals surface area contributed by atoms with Crippen molar-refractivity contribution in [2.24, 2.45) is 0 Å². The fraction of sp³-hybridized carbons (Fsp3) is 0.211. The molecule has 0 radical (unpaired) electrons. The van der Waals surface area contributed by atoms with Crippen molar-refractivity contribution >= 4 is 23.2 Å². The maximum absolute atomic E-state index is 12.5. The van der Waals surface area contributed by atoms with Crippen molar-refractivity contribution in [1.29, 1.82) is 0 Å². The van der Waals surface area contributed by atoms with Gasteiger partial charge in [0.1, 0.15) is 0 Å². The number of carbonyl (C=O) groups is 1. The zero-order chi connectivity index (χ0) is 18.4. The molecule has 0 saturated carbocycles. The van der Waals surface area contributed by atoms with E-state index in [0.29, 0.717) is 46.8 Å². The maximum Gasteiger partial charge on any atom is 0.232 e. The highest BCUT2D eigenvalue weighted by Crippen LogP contribution is 2.38. The average Bonchev–Trinajstić information content (AvgIpc) is 3.40. The molecule has 7 nitrogen and oxygen atoms in total. The Morgan fingerprint density at radius 2 is 1.96 bits per heavy atom. The minimum atomic E-state index is -0.174. The third-order valence-corrected chi connectivity index (χ3v) is 5.03. The van der Waals surface area contributed by atoms with Crippen LogP contribution in [0.1, 0.15) is 18.2 Å². The quantitative estimate of drug-likeness (QED) is 0.687. The molecule has 27 heavy (non-hydrogen) atoms. The second kappa shape index (κ2) is 6.28. The summed E-state index contributed by atoms with van der Waals surface area (Å²) in [5.74, 6) is 2.00. The standard InChI is InChI=1S/C19H14ClN3O4/c20-14-4-2-1-3-13(14)18-21-19(27-22-18)11-7-17(24)23(9-11)12-5-6-15-16(8-12)26-10-25-15/h1-6,8,11H,7,9-10H2/t11-/m0/s1. The van der Waals surface area contributed by atoms with Crippen molar-refractivity contribution in [3.05, 3.63) is 53.4 Å². The van der Waals surface area contributed by atoms with Gasteiger partial charge in [0.2, 0.25) is 24.4 Å². The van der Waals surface area contributed by atoms with Gasteiger partial charge in [0.15, 0.2) is 11.5 Å². The van der Waals surface area contributed by atoms with E-state index in [4.69, 9.17) is 25.6 Å². The van der Waals surface area contributed by atoms with Crippen molar-refractivity contribution < 1.29 is 18.8 Å². The molecule has 0 unspecified atom stereocenters. The highest BCUT2D eigenvalue weighted by atomic mass is 35.5. The molecule has 2 aromatic carbocycles. The third kappa shape index (κ3) is 2.80. The van der Waals surface area contributed by atoms with E-state index in [1.165, 1.54) is 0 Å². The number of ether oxygens (including phenoxy) is 2. The number of anilines is 1. The number of fused-ring (bicyclic) bond motifs is 1. The van der Waals surface area contributed by atoms with Crippen LogP contribution in [-0.4, -0.2) is 29.4 Å². The lowest BCUT2D eigenvalue weighted by Gasteiger charge is -2.16. The van der Waals surface area contributed by atoms with Gasteiger partial charge in [0.25, 0.3) is 0 Å². The van der Waals surface area contributed by atoms with E-state index in [0.717, 1.165) is 5.69 Å². The molecule has 3 heterocycles. The van der Waals surface area contributed by atoms with E-state index in [9.17, 15) is 4.79 Å². The first-order chi connectivity index (χ1) is 13.2. The first kappa shape index (κ1) is 16.1. The molecule has 2 aliphatic heterocycles. The molecule has 1 saturated heterocycles. The highest BCUT2D eigenvalue weighted by Gasteiger charge is 2.35. The van der Waals surface area contributed by atoms with Crippen LogP contribution < -0.4 is 14.4 Å². The molecule has 0 aliphatic carbocycles. The second-order valence-electron chi connectivity index (χ2n) is 6.38. The Hall–Kier alpha value is -3.06. The van der Waals surface area contributed by atoms with Crippen molar-refractivity contribution in [3.63, 3.8) is 0 Å². The highest BCUT2D eigenvalue weighted by molar-refractivity contribution is 6.33. The van der Waals surface area contributed by atoms with E-state index in [2.05, 4.69) is 10.1 Å². The monoisotopic (exact) mass is 383 g/mol. The lowest BCUT2D eigenvalue weighted by atomic mass is 10.1. The maximum atomic E-state index is 12.5. The molecule has 1 amide bonds. The molecular formula is C19H14ClN3O4. The van der Waals surface area contributed by atoms with Gasteiger partial charge < -0.3 is 18.9 Å². The molecule has 3 aromatic rings.